The van der Waals surface area contributed by atoms with Crippen LogP contribution in [0.5, 0.6) is 0 Å². The third-order valence-electron chi connectivity index (χ3n) is 2.50. The van der Waals surface area contributed by atoms with Gasteiger partial charge in [-0.1, -0.05) is 11.6 Å². The lowest BCUT2D eigenvalue weighted by atomic mass is 10.3. The smallest absolute Gasteiger partial charge is 0.242 e. The zero-order chi connectivity index (χ0) is 13.8. The quantitative estimate of drug-likeness (QED) is 0.813. The Balaban J connectivity index is 2.88. The largest absolute Gasteiger partial charge is 0.320 e. The average molecular weight is 295 g/mol. The molecule has 0 fully saturated rings. The van der Waals surface area contributed by atoms with Crippen LogP contribution in [0.15, 0.2) is 23.1 Å². The van der Waals surface area contributed by atoms with Crippen molar-refractivity contribution >= 4 is 21.6 Å². The maximum absolute atomic E-state index is 13.0. The standard InChI is InChI=1S/C11H16ClFN2O2S/c1-14-6-3-7-15(2)18(16,17)9-4-5-11(13)10(12)8-9/h4-5,8,14H,3,6-7H2,1-2H3. The van der Waals surface area contributed by atoms with Gasteiger partial charge in [0, 0.05) is 13.6 Å². The van der Waals surface area contributed by atoms with Crippen LogP contribution in [0, 0.1) is 5.82 Å². The molecule has 1 aromatic carbocycles. The fraction of sp³-hybridized carbons (Fsp3) is 0.455. The normalized spacial score (nSPS) is 12.1. The fourth-order valence-corrected chi connectivity index (χ4v) is 2.90. The molecule has 0 aliphatic heterocycles. The second-order valence-electron chi connectivity index (χ2n) is 3.86. The van der Waals surface area contributed by atoms with E-state index in [2.05, 4.69) is 5.32 Å². The van der Waals surface area contributed by atoms with Crippen molar-refractivity contribution in [1.29, 1.82) is 0 Å². The molecule has 0 unspecified atom stereocenters. The third kappa shape index (κ3) is 3.65. The molecule has 1 aromatic rings. The number of sulfonamides is 1. The van der Waals surface area contributed by atoms with E-state index >= 15 is 0 Å². The molecule has 0 aliphatic carbocycles. The first-order valence-electron chi connectivity index (χ1n) is 5.45. The minimum absolute atomic E-state index is 0.000794. The molecule has 4 nitrogen and oxygen atoms in total. The van der Waals surface area contributed by atoms with Gasteiger partial charge in [-0.05, 0) is 38.2 Å². The molecule has 0 aliphatic rings. The highest BCUT2D eigenvalue weighted by Crippen LogP contribution is 2.21. The van der Waals surface area contributed by atoms with E-state index in [1.54, 1.807) is 7.05 Å². The van der Waals surface area contributed by atoms with Crippen molar-refractivity contribution in [3.63, 3.8) is 0 Å². The highest BCUT2D eigenvalue weighted by Gasteiger charge is 2.21. The van der Waals surface area contributed by atoms with Gasteiger partial charge in [-0.25, -0.2) is 17.1 Å². The molecule has 0 bridgehead atoms. The van der Waals surface area contributed by atoms with Gasteiger partial charge in [0.15, 0.2) is 0 Å². The van der Waals surface area contributed by atoms with Gasteiger partial charge >= 0.3 is 0 Å². The second kappa shape index (κ2) is 6.47. The Morgan fingerprint density at radius 3 is 2.67 bits per heavy atom. The first-order valence-corrected chi connectivity index (χ1v) is 7.27. The maximum Gasteiger partial charge on any atom is 0.242 e. The summed E-state index contributed by atoms with van der Waals surface area (Å²) in [6.07, 6.45) is 0.696. The Kier molecular flexibility index (Phi) is 5.52. The predicted molar refractivity (Wildman–Crippen MR) is 69.8 cm³/mol. The molecule has 0 saturated carbocycles. The summed E-state index contributed by atoms with van der Waals surface area (Å²) < 4.78 is 38.4. The minimum Gasteiger partial charge on any atom is -0.320 e. The van der Waals surface area contributed by atoms with Crippen molar-refractivity contribution in [2.45, 2.75) is 11.3 Å². The molecule has 7 heteroatoms. The number of benzene rings is 1. The number of nitrogens with zero attached hydrogens (tertiary/aromatic N) is 1. The zero-order valence-corrected chi connectivity index (χ0v) is 11.9. The van der Waals surface area contributed by atoms with Crippen molar-refractivity contribution in [3.05, 3.63) is 29.0 Å². The van der Waals surface area contributed by atoms with Crippen molar-refractivity contribution in [1.82, 2.24) is 9.62 Å². The summed E-state index contributed by atoms with van der Waals surface area (Å²) in [4.78, 5) is 0.000794. The Bertz CT molecular complexity index is 508. The molecule has 0 atom stereocenters. The van der Waals surface area contributed by atoms with Crippen molar-refractivity contribution in [2.75, 3.05) is 27.2 Å². The number of nitrogens with one attached hydrogen (secondary N) is 1. The average Bonchev–Trinajstić information content (AvgIpc) is 2.32. The third-order valence-corrected chi connectivity index (χ3v) is 4.64. The lowest BCUT2D eigenvalue weighted by Crippen LogP contribution is -2.29. The van der Waals surface area contributed by atoms with Crippen molar-refractivity contribution in [3.8, 4) is 0 Å². The molecule has 0 spiro atoms. The van der Waals surface area contributed by atoms with E-state index in [9.17, 15) is 12.8 Å². The molecule has 0 radical (unpaired) electrons. The summed E-state index contributed by atoms with van der Waals surface area (Å²) in [6, 6.07) is 3.39. The Labute approximate surface area is 112 Å². The van der Waals surface area contributed by atoms with E-state index in [1.165, 1.54) is 17.4 Å². The molecule has 0 saturated heterocycles. The summed E-state index contributed by atoms with van der Waals surface area (Å²) in [6.45, 7) is 1.11. The SMILES string of the molecule is CNCCCN(C)S(=O)(=O)c1ccc(F)c(Cl)c1. The van der Waals surface area contributed by atoms with Gasteiger partial charge in [0.2, 0.25) is 10.0 Å². The Morgan fingerprint density at radius 1 is 1.44 bits per heavy atom. The zero-order valence-electron chi connectivity index (χ0n) is 10.3. The predicted octanol–water partition coefficient (Wildman–Crippen LogP) is 1.71. The highest BCUT2D eigenvalue weighted by molar-refractivity contribution is 7.89. The van der Waals surface area contributed by atoms with Crippen molar-refractivity contribution in [2.24, 2.45) is 0 Å². The topological polar surface area (TPSA) is 49.4 Å². The van der Waals surface area contributed by atoms with Gasteiger partial charge in [0.05, 0.1) is 9.92 Å². The number of hydrogen-bond donors (Lipinski definition) is 1. The van der Waals surface area contributed by atoms with Crippen LogP contribution < -0.4 is 5.32 Å². The van der Waals surface area contributed by atoms with Crippen LogP contribution in [0.4, 0.5) is 4.39 Å². The van der Waals surface area contributed by atoms with Crippen LogP contribution in [-0.4, -0.2) is 39.9 Å². The van der Waals surface area contributed by atoms with Crippen LogP contribution in [0.3, 0.4) is 0 Å². The highest BCUT2D eigenvalue weighted by atomic mass is 35.5. The van der Waals surface area contributed by atoms with E-state index in [0.29, 0.717) is 13.0 Å². The molecule has 0 heterocycles. The van der Waals surface area contributed by atoms with E-state index in [4.69, 9.17) is 11.6 Å². The van der Waals surface area contributed by atoms with Gasteiger partial charge in [0.25, 0.3) is 0 Å². The molecular weight excluding hydrogens is 279 g/mol. The summed E-state index contributed by atoms with van der Waals surface area (Å²) in [5, 5.41) is 2.74. The van der Waals surface area contributed by atoms with E-state index < -0.39 is 15.8 Å². The Hall–Kier alpha value is -0.690. The molecule has 1 rings (SSSR count). The monoisotopic (exact) mass is 294 g/mol. The first-order chi connectivity index (χ1) is 8.39. The summed E-state index contributed by atoms with van der Waals surface area (Å²) in [5.41, 5.74) is 0. The van der Waals surface area contributed by atoms with Gasteiger partial charge in [-0.15, -0.1) is 0 Å². The van der Waals surface area contributed by atoms with Crippen LogP contribution in [0.1, 0.15) is 6.42 Å². The molecule has 0 amide bonds. The molecule has 18 heavy (non-hydrogen) atoms. The van der Waals surface area contributed by atoms with Gasteiger partial charge < -0.3 is 5.32 Å². The van der Waals surface area contributed by atoms with Gasteiger partial charge in [-0.3, -0.25) is 0 Å². The molecule has 102 valence electrons. The van der Waals surface area contributed by atoms with Crippen LogP contribution in [0.25, 0.3) is 0 Å². The summed E-state index contributed by atoms with van der Waals surface area (Å²) in [5.74, 6) is -0.631. The van der Waals surface area contributed by atoms with E-state index in [1.807, 2.05) is 0 Å². The van der Waals surface area contributed by atoms with Gasteiger partial charge in [0.1, 0.15) is 5.82 Å². The number of rotatable bonds is 6. The lowest BCUT2D eigenvalue weighted by Gasteiger charge is -2.17. The molecule has 0 aromatic heterocycles. The summed E-state index contributed by atoms with van der Waals surface area (Å²) in [7, 11) is -0.316. The number of hydrogen-bond acceptors (Lipinski definition) is 3. The first kappa shape index (κ1) is 15.4. The Morgan fingerprint density at radius 2 is 2.11 bits per heavy atom. The van der Waals surface area contributed by atoms with Crippen LogP contribution >= 0.6 is 11.6 Å². The van der Waals surface area contributed by atoms with Gasteiger partial charge in [-0.2, -0.15) is 0 Å². The van der Waals surface area contributed by atoms with E-state index in [0.717, 1.165) is 18.7 Å². The van der Waals surface area contributed by atoms with Crippen LogP contribution in [0.2, 0.25) is 5.02 Å². The van der Waals surface area contributed by atoms with E-state index in [-0.39, 0.29) is 9.92 Å². The van der Waals surface area contributed by atoms with Crippen LogP contribution in [-0.2, 0) is 10.0 Å². The minimum atomic E-state index is -3.60. The lowest BCUT2D eigenvalue weighted by molar-refractivity contribution is 0.458. The van der Waals surface area contributed by atoms with Crippen molar-refractivity contribution < 1.29 is 12.8 Å². The summed E-state index contributed by atoms with van der Waals surface area (Å²) >= 11 is 5.58. The molecule has 1 N–H and O–H groups in total. The maximum atomic E-state index is 13.0. The second-order valence-corrected chi connectivity index (χ2v) is 6.31. The molecular formula is C11H16ClFN2O2S. The fourth-order valence-electron chi connectivity index (χ4n) is 1.42. The number of halogens is 2.